The van der Waals surface area contributed by atoms with E-state index in [-0.39, 0.29) is 11.2 Å². The van der Waals surface area contributed by atoms with Gasteiger partial charge in [0.15, 0.2) is 5.82 Å². The first-order valence-corrected chi connectivity index (χ1v) is 9.17. The Morgan fingerprint density at radius 2 is 2.08 bits per heavy atom. The highest BCUT2D eigenvalue weighted by molar-refractivity contribution is 7.15. The molecule has 0 saturated carbocycles. The molecule has 0 atom stereocenters. The molecule has 128 valence electrons. The van der Waals surface area contributed by atoms with Crippen LogP contribution in [0.5, 0.6) is 0 Å². The number of non-ortho nitro benzene ring substituents is 1. The molecule has 0 N–H and O–H groups in total. The summed E-state index contributed by atoms with van der Waals surface area (Å²) in [5.74, 6) is 0.462. The van der Waals surface area contributed by atoms with Crippen LogP contribution in [0.1, 0.15) is 16.3 Å². The molecule has 0 fully saturated rings. The number of nitrogens with zero attached hydrogens (tertiary/aromatic N) is 4. The summed E-state index contributed by atoms with van der Waals surface area (Å²) >= 11 is 2.80. The third kappa shape index (κ3) is 3.17. The maximum Gasteiger partial charge on any atom is 0.291 e. The van der Waals surface area contributed by atoms with Crippen molar-refractivity contribution in [1.82, 2.24) is 14.6 Å². The van der Waals surface area contributed by atoms with Gasteiger partial charge in [0.2, 0.25) is 4.96 Å². The average Bonchev–Trinajstić information content (AvgIpc) is 3.33. The molecule has 9 heteroatoms. The highest BCUT2D eigenvalue weighted by Gasteiger charge is 2.10. The highest BCUT2D eigenvalue weighted by atomic mass is 32.1. The lowest BCUT2D eigenvalue weighted by Crippen LogP contribution is -2.23. The smallest absolute Gasteiger partial charge is 0.266 e. The van der Waals surface area contributed by atoms with Crippen LogP contribution in [0.15, 0.2) is 46.6 Å². The van der Waals surface area contributed by atoms with Crippen molar-refractivity contribution in [1.29, 1.82) is 0 Å². The topological polar surface area (TPSA) is 90.4 Å². The molecule has 0 radical (unpaired) electrons. The fourth-order valence-electron chi connectivity index (χ4n) is 2.34. The number of nitro benzene ring substituents is 1. The Hall–Kier alpha value is -3.17. The maximum atomic E-state index is 12.5. The summed E-state index contributed by atoms with van der Waals surface area (Å²) in [6.07, 6.45) is 5.26. The maximum absolute atomic E-state index is 12.5. The Balaban J connectivity index is 1.71. The van der Waals surface area contributed by atoms with E-state index in [0.29, 0.717) is 20.9 Å². The summed E-state index contributed by atoms with van der Waals surface area (Å²) in [6, 6.07) is 10.0. The molecule has 7 nitrogen and oxygen atoms in total. The van der Waals surface area contributed by atoms with Crippen LogP contribution in [-0.2, 0) is 0 Å². The van der Waals surface area contributed by atoms with Crippen molar-refractivity contribution in [2.24, 2.45) is 0 Å². The summed E-state index contributed by atoms with van der Waals surface area (Å²) in [7, 11) is 0. The molecule has 3 aromatic heterocycles. The van der Waals surface area contributed by atoms with Gasteiger partial charge in [-0.25, -0.2) is 0 Å². The molecule has 0 amide bonds. The molecule has 4 aromatic rings. The second kappa shape index (κ2) is 6.62. The summed E-state index contributed by atoms with van der Waals surface area (Å²) in [5, 5.41) is 17.0. The number of fused-ring (bicyclic) bond motifs is 1. The van der Waals surface area contributed by atoms with Crippen LogP contribution in [0, 0.1) is 10.1 Å². The first-order chi connectivity index (χ1) is 12.6. The van der Waals surface area contributed by atoms with E-state index in [2.05, 4.69) is 10.1 Å². The first-order valence-electron chi connectivity index (χ1n) is 7.47. The summed E-state index contributed by atoms with van der Waals surface area (Å²) in [6.45, 7) is 0. The largest absolute Gasteiger partial charge is 0.291 e. The monoisotopic (exact) mass is 382 g/mol. The second-order valence-electron chi connectivity index (χ2n) is 5.28. The van der Waals surface area contributed by atoms with Crippen molar-refractivity contribution in [2.75, 3.05) is 0 Å². The quantitative estimate of drug-likeness (QED) is 0.400. The second-order valence-corrected chi connectivity index (χ2v) is 7.27. The highest BCUT2D eigenvalue weighted by Crippen LogP contribution is 2.14. The van der Waals surface area contributed by atoms with Crippen molar-refractivity contribution < 1.29 is 4.92 Å². The Labute approximate surface area is 154 Å². The number of thiophene rings is 1. The van der Waals surface area contributed by atoms with Gasteiger partial charge in [0.25, 0.3) is 11.2 Å². The van der Waals surface area contributed by atoms with Gasteiger partial charge in [-0.15, -0.1) is 16.4 Å². The molecule has 0 aliphatic rings. The van der Waals surface area contributed by atoms with Crippen LogP contribution in [0.25, 0.3) is 23.2 Å². The summed E-state index contributed by atoms with van der Waals surface area (Å²) < 4.78 is 1.68. The number of nitro groups is 1. The van der Waals surface area contributed by atoms with E-state index >= 15 is 0 Å². The standard InChI is InChI=1S/C17H10N4O3S2/c22-16-14(10-11-3-1-4-12(9-11)21(23)24)26-17-18-15(19-20(16)17)7-6-13-5-2-8-25-13/h1-10H/b7-6+,14-10+. The minimum atomic E-state index is -0.468. The zero-order chi connectivity index (χ0) is 18.1. The van der Waals surface area contributed by atoms with Crippen molar-refractivity contribution in [2.45, 2.75) is 0 Å². The van der Waals surface area contributed by atoms with Gasteiger partial charge in [-0.1, -0.05) is 29.5 Å². The fourth-order valence-corrected chi connectivity index (χ4v) is 3.87. The van der Waals surface area contributed by atoms with Gasteiger partial charge in [0.1, 0.15) is 0 Å². The lowest BCUT2D eigenvalue weighted by molar-refractivity contribution is -0.384. The van der Waals surface area contributed by atoms with Crippen LogP contribution in [0.3, 0.4) is 0 Å². The van der Waals surface area contributed by atoms with E-state index in [1.165, 1.54) is 28.0 Å². The van der Waals surface area contributed by atoms with Gasteiger partial charge in [-0.3, -0.25) is 14.9 Å². The van der Waals surface area contributed by atoms with E-state index < -0.39 is 4.92 Å². The van der Waals surface area contributed by atoms with E-state index in [1.807, 2.05) is 23.6 Å². The van der Waals surface area contributed by atoms with Crippen molar-refractivity contribution in [3.8, 4) is 0 Å². The number of hydrogen-bond acceptors (Lipinski definition) is 7. The van der Waals surface area contributed by atoms with Crippen molar-refractivity contribution in [3.63, 3.8) is 0 Å². The zero-order valence-corrected chi connectivity index (χ0v) is 14.7. The van der Waals surface area contributed by atoms with Crippen LogP contribution in [-0.4, -0.2) is 19.5 Å². The van der Waals surface area contributed by atoms with E-state index in [1.54, 1.807) is 35.6 Å². The van der Waals surface area contributed by atoms with Gasteiger partial charge < -0.3 is 0 Å². The lowest BCUT2D eigenvalue weighted by atomic mass is 10.2. The van der Waals surface area contributed by atoms with E-state index in [0.717, 1.165) is 4.88 Å². The van der Waals surface area contributed by atoms with Crippen molar-refractivity contribution >= 4 is 51.5 Å². The van der Waals surface area contributed by atoms with Gasteiger partial charge in [0, 0.05) is 17.0 Å². The predicted octanol–water partition coefficient (Wildman–Crippen LogP) is 2.84. The normalized spacial score (nSPS) is 12.4. The number of rotatable bonds is 4. The Morgan fingerprint density at radius 3 is 2.81 bits per heavy atom. The van der Waals surface area contributed by atoms with Gasteiger partial charge in [-0.2, -0.15) is 9.50 Å². The van der Waals surface area contributed by atoms with E-state index in [4.69, 9.17) is 0 Å². The molecular weight excluding hydrogens is 372 g/mol. The summed E-state index contributed by atoms with van der Waals surface area (Å²) in [4.78, 5) is 28.8. The van der Waals surface area contributed by atoms with Crippen LogP contribution >= 0.6 is 22.7 Å². The number of thiazole rings is 1. The van der Waals surface area contributed by atoms with Gasteiger partial charge >= 0.3 is 0 Å². The molecule has 0 bridgehead atoms. The van der Waals surface area contributed by atoms with E-state index in [9.17, 15) is 14.9 Å². The third-order valence-corrected chi connectivity index (χ3v) is 5.31. The first kappa shape index (κ1) is 16.3. The average molecular weight is 382 g/mol. The molecule has 26 heavy (non-hydrogen) atoms. The van der Waals surface area contributed by atoms with Gasteiger partial charge in [-0.05, 0) is 35.2 Å². The van der Waals surface area contributed by atoms with Crippen LogP contribution in [0.4, 0.5) is 5.69 Å². The zero-order valence-electron chi connectivity index (χ0n) is 13.1. The number of aromatic nitrogens is 3. The molecule has 3 heterocycles. The fraction of sp³-hybridized carbons (Fsp3) is 0. The predicted molar refractivity (Wildman–Crippen MR) is 102 cm³/mol. The molecule has 1 aromatic carbocycles. The molecular formula is C17H10N4O3S2. The van der Waals surface area contributed by atoms with Crippen LogP contribution < -0.4 is 10.1 Å². The molecule has 0 saturated heterocycles. The lowest BCUT2D eigenvalue weighted by Gasteiger charge is -1.92. The minimum absolute atomic E-state index is 0.0216. The SMILES string of the molecule is O=c1/c(=C\c2cccc([N+](=O)[O-])c2)sc2nc(/C=C/c3cccs3)nn12. The Kier molecular flexibility index (Phi) is 4.15. The van der Waals surface area contributed by atoms with Crippen LogP contribution in [0.2, 0.25) is 0 Å². The van der Waals surface area contributed by atoms with Crippen molar-refractivity contribution in [3.05, 3.63) is 83.0 Å². The Bertz CT molecular complexity index is 1240. The molecule has 4 rings (SSSR count). The third-order valence-electron chi connectivity index (χ3n) is 3.52. The molecule has 0 aliphatic carbocycles. The Morgan fingerprint density at radius 1 is 1.19 bits per heavy atom. The molecule has 0 aliphatic heterocycles. The van der Waals surface area contributed by atoms with Gasteiger partial charge in [0.05, 0.1) is 9.46 Å². The molecule has 0 spiro atoms. The summed E-state index contributed by atoms with van der Waals surface area (Å²) in [5.41, 5.74) is 0.269. The molecule has 0 unspecified atom stereocenters. The number of benzene rings is 1. The number of hydrogen-bond donors (Lipinski definition) is 0. The minimum Gasteiger partial charge on any atom is -0.266 e.